The number of hydrogen-bond acceptors (Lipinski definition) is 4. The van der Waals surface area contributed by atoms with Crippen LogP contribution in [0.3, 0.4) is 0 Å². The van der Waals surface area contributed by atoms with Gasteiger partial charge in [-0.2, -0.15) is 0 Å². The molecule has 1 amide bonds. The Balaban J connectivity index is 2.32. The molecule has 0 aliphatic carbocycles. The maximum atomic E-state index is 12.0. The van der Waals surface area contributed by atoms with E-state index in [9.17, 15) is 9.59 Å². The summed E-state index contributed by atoms with van der Waals surface area (Å²) >= 11 is 0. The van der Waals surface area contributed by atoms with E-state index in [-0.39, 0.29) is 18.7 Å². The maximum absolute atomic E-state index is 12.0. The first-order valence-corrected chi connectivity index (χ1v) is 6.29. The summed E-state index contributed by atoms with van der Waals surface area (Å²) in [7, 11) is 1.68. The van der Waals surface area contributed by atoms with Crippen molar-refractivity contribution in [3.8, 4) is 0 Å². The lowest BCUT2D eigenvalue weighted by Gasteiger charge is -2.33. The lowest BCUT2D eigenvalue weighted by molar-refractivity contribution is -0.138. The van der Waals surface area contributed by atoms with Gasteiger partial charge in [-0.3, -0.25) is 9.59 Å². The predicted molar refractivity (Wildman–Crippen MR) is 66.0 cm³/mol. The second-order valence-corrected chi connectivity index (χ2v) is 4.76. The van der Waals surface area contributed by atoms with Crippen LogP contribution in [-0.2, 0) is 14.3 Å². The summed E-state index contributed by atoms with van der Waals surface area (Å²) in [6, 6.07) is -0.694. The topological polar surface area (TPSA) is 92.9 Å². The third-order valence-electron chi connectivity index (χ3n) is 3.31. The normalized spacial score (nSPS) is 18.7. The number of likely N-dealkylation sites (tertiary alicyclic amines) is 1. The Hall–Kier alpha value is -1.14. The van der Waals surface area contributed by atoms with Crippen LogP contribution in [0.2, 0.25) is 0 Å². The van der Waals surface area contributed by atoms with Crippen molar-refractivity contribution in [3.05, 3.63) is 0 Å². The number of carbonyl (C=O) groups excluding carboxylic acids is 1. The largest absolute Gasteiger partial charge is 0.481 e. The van der Waals surface area contributed by atoms with E-state index in [4.69, 9.17) is 15.6 Å². The molecule has 0 saturated carbocycles. The van der Waals surface area contributed by atoms with Crippen LogP contribution in [-0.4, -0.2) is 54.7 Å². The van der Waals surface area contributed by atoms with E-state index in [0.29, 0.717) is 19.0 Å². The highest BCUT2D eigenvalue weighted by Gasteiger charge is 2.26. The molecule has 104 valence electrons. The highest BCUT2D eigenvalue weighted by molar-refractivity contribution is 5.82. The summed E-state index contributed by atoms with van der Waals surface area (Å²) in [4.78, 5) is 24.1. The molecule has 0 aromatic heterocycles. The number of ether oxygens (including phenoxy) is 1. The molecule has 1 rings (SSSR count). The van der Waals surface area contributed by atoms with E-state index in [1.807, 2.05) is 0 Å². The summed E-state index contributed by atoms with van der Waals surface area (Å²) in [6.45, 7) is 2.11. The molecule has 0 radical (unpaired) electrons. The smallest absolute Gasteiger partial charge is 0.303 e. The van der Waals surface area contributed by atoms with E-state index in [0.717, 1.165) is 19.4 Å². The molecule has 1 unspecified atom stereocenters. The number of rotatable bonds is 6. The molecule has 0 spiro atoms. The van der Waals surface area contributed by atoms with Crippen molar-refractivity contribution in [3.63, 3.8) is 0 Å². The fraction of sp³-hybridized carbons (Fsp3) is 0.833. The van der Waals surface area contributed by atoms with Crippen LogP contribution in [0.4, 0.5) is 0 Å². The van der Waals surface area contributed by atoms with E-state index in [1.54, 1.807) is 12.0 Å². The highest BCUT2D eigenvalue weighted by Crippen LogP contribution is 2.18. The molecule has 1 saturated heterocycles. The number of methoxy groups -OCH3 is 1. The van der Waals surface area contributed by atoms with Gasteiger partial charge in [0, 0.05) is 33.2 Å². The lowest BCUT2D eigenvalue weighted by atomic mass is 9.97. The van der Waals surface area contributed by atoms with Crippen molar-refractivity contribution in [2.75, 3.05) is 26.8 Å². The van der Waals surface area contributed by atoms with Gasteiger partial charge in [0.2, 0.25) is 5.91 Å². The molecule has 18 heavy (non-hydrogen) atoms. The SMILES string of the molecule is COCC1CCN(C(=O)C(N)CCC(=O)O)CC1. The number of carboxylic acids is 1. The van der Waals surface area contributed by atoms with Gasteiger partial charge in [0.05, 0.1) is 6.04 Å². The fourth-order valence-electron chi connectivity index (χ4n) is 2.19. The first-order valence-electron chi connectivity index (χ1n) is 6.29. The van der Waals surface area contributed by atoms with Gasteiger partial charge < -0.3 is 20.5 Å². The molecule has 1 heterocycles. The summed E-state index contributed by atoms with van der Waals surface area (Å²) < 4.78 is 5.10. The van der Waals surface area contributed by atoms with Crippen LogP contribution in [0.15, 0.2) is 0 Å². The Labute approximate surface area is 107 Å². The van der Waals surface area contributed by atoms with Gasteiger partial charge in [-0.05, 0) is 25.2 Å². The van der Waals surface area contributed by atoms with Crippen LogP contribution >= 0.6 is 0 Å². The van der Waals surface area contributed by atoms with Crippen molar-refractivity contribution in [1.82, 2.24) is 4.90 Å². The van der Waals surface area contributed by atoms with E-state index < -0.39 is 12.0 Å². The predicted octanol–water partition coefficient (Wildman–Crippen LogP) is 0.0635. The number of carbonyl (C=O) groups is 2. The Morgan fingerprint density at radius 2 is 2.06 bits per heavy atom. The minimum absolute atomic E-state index is 0.0625. The number of nitrogens with two attached hydrogens (primary N) is 1. The Morgan fingerprint density at radius 1 is 1.44 bits per heavy atom. The first kappa shape index (κ1) is 14.9. The number of amides is 1. The number of piperidine rings is 1. The Bertz CT molecular complexity index is 288. The van der Waals surface area contributed by atoms with Crippen molar-refractivity contribution in [2.24, 2.45) is 11.7 Å². The average Bonchev–Trinajstić information content (AvgIpc) is 2.36. The lowest BCUT2D eigenvalue weighted by Crippen LogP contribution is -2.47. The van der Waals surface area contributed by atoms with Crippen molar-refractivity contribution < 1.29 is 19.4 Å². The van der Waals surface area contributed by atoms with Crippen LogP contribution in [0, 0.1) is 5.92 Å². The molecule has 1 fully saturated rings. The molecule has 1 aliphatic rings. The van der Waals surface area contributed by atoms with Gasteiger partial charge in [-0.1, -0.05) is 0 Å². The van der Waals surface area contributed by atoms with Crippen molar-refractivity contribution >= 4 is 11.9 Å². The van der Waals surface area contributed by atoms with Gasteiger partial charge in [0.25, 0.3) is 0 Å². The van der Waals surface area contributed by atoms with Gasteiger partial charge in [-0.25, -0.2) is 0 Å². The summed E-state index contributed by atoms with van der Waals surface area (Å²) in [5, 5.41) is 8.55. The molecular weight excluding hydrogens is 236 g/mol. The molecule has 6 heteroatoms. The van der Waals surface area contributed by atoms with E-state index in [2.05, 4.69) is 0 Å². The molecule has 3 N–H and O–H groups in total. The minimum atomic E-state index is -0.919. The van der Waals surface area contributed by atoms with Gasteiger partial charge in [0.15, 0.2) is 0 Å². The zero-order valence-electron chi connectivity index (χ0n) is 10.8. The van der Waals surface area contributed by atoms with E-state index >= 15 is 0 Å². The zero-order valence-corrected chi connectivity index (χ0v) is 10.8. The average molecular weight is 258 g/mol. The molecule has 0 bridgehead atoms. The van der Waals surface area contributed by atoms with Gasteiger partial charge in [0.1, 0.15) is 0 Å². The molecule has 1 aliphatic heterocycles. The summed E-state index contributed by atoms with van der Waals surface area (Å²) in [6.07, 6.45) is 1.98. The molecule has 6 nitrogen and oxygen atoms in total. The monoisotopic (exact) mass is 258 g/mol. The minimum Gasteiger partial charge on any atom is -0.481 e. The highest BCUT2D eigenvalue weighted by atomic mass is 16.5. The van der Waals surface area contributed by atoms with Crippen LogP contribution in [0.5, 0.6) is 0 Å². The maximum Gasteiger partial charge on any atom is 0.303 e. The Morgan fingerprint density at radius 3 is 2.56 bits per heavy atom. The van der Waals surface area contributed by atoms with Crippen LogP contribution in [0.25, 0.3) is 0 Å². The van der Waals surface area contributed by atoms with Crippen molar-refractivity contribution in [1.29, 1.82) is 0 Å². The van der Waals surface area contributed by atoms with Gasteiger partial charge in [-0.15, -0.1) is 0 Å². The second kappa shape index (κ2) is 7.33. The van der Waals surface area contributed by atoms with Crippen LogP contribution < -0.4 is 5.73 Å². The summed E-state index contributed by atoms with van der Waals surface area (Å²) in [5.74, 6) is -0.543. The number of hydrogen-bond donors (Lipinski definition) is 2. The summed E-state index contributed by atoms with van der Waals surface area (Å²) in [5.41, 5.74) is 5.71. The number of nitrogens with zero attached hydrogens (tertiary/aromatic N) is 1. The third kappa shape index (κ3) is 4.62. The number of carboxylic acid groups (broad SMARTS) is 1. The van der Waals surface area contributed by atoms with E-state index in [1.165, 1.54) is 0 Å². The van der Waals surface area contributed by atoms with Crippen LogP contribution in [0.1, 0.15) is 25.7 Å². The quantitative estimate of drug-likeness (QED) is 0.703. The molecule has 1 atom stereocenters. The second-order valence-electron chi connectivity index (χ2n) is 4.76. The van der Waals surface area contributed by atoms with Gasteiger partial charge >= 0.3 is 5.97 Å². The number of aliphatic carboxylic acids is 1. The zero-order chi connectivity index (χ0) is 13.5. The molecular formula is C12H22N2O4. The molecule has 0 aromatic carbocycles. The standard InChI is InChI=1S/C12H22N2O4/c1-18-8-9-4-6-14(7-5-9)12(17)10(13)2-3-11(15)16/h9-10H,2-8,13H2,1H3,(H,15,16). The van der Waals surface area contributed by atoms with Crippen molar-refractivity contribution in [2.45, 2.75) is 31.7 Å². The molecule has 0 aromatic rings. The third-order valence-corrected chi connectivity index (χ3v) is 3.31. The fourth-order valence-corrected chi connectivity index (χ4v) is 2.19. The Kier molecular flexibility index (Phi) is 6.07. The first-order chi connectivity index (χ1) is 8.54.